The van der Waals surface area contributed by atoms with Gasteiger partial charge in [-0.1, -0.05) is 102 Å². The third-order valence-corrected chi connectivity index (χ3v) is 5.97. The van der Waals surface area contributed by atoms with Crippen LogP contribution in [0.15, 0.2) is 16.6 Å². The Bertz CT molecular complexity index is 810. The van der Waals surface area contributed by atoms with Crippen molar-refractivity contribution in [1.29, 1.82) is 0 Å². The molecule has 0 aliphatic rings. The minimum Gasteiger partial charge on any atom is -0.127 e. The van der Waals surface area contributed by atoms with E-state index in [2.05, 4.69) is 96.7 Å². The topological polar surface area (TPSA) is 0 Å². The molecule has 156 valence electrons. The molecule has 1 rings (SSSR count). The predicted octanol–water partition coefficient (Wildman–Crippen LogP) is 8.32. The fourth-order valence-corrected chi connectivity index (χ4v) is 3.68. The van der Waals surface area contributed by atoms with Crippen molar-refractivity contribution in [2.24, 2.45) is 0 Å². The van der Waals surface area contributed by atoms with E-state index < -0.39 is 8.07 Å². The van der Waals surface area contributed by atoms with E-state index in [0.29, 0.717) is 0 Å². The second-order valence-electron chi connectivity index (χ2n) is 8.60. The van der Waals surface area contributed by atoms with Crippen molar-refractivity contribution in [3.05, 3.63) is 33.3 Å². The number of hydrogen-bond acceptors (Lipinski definition) is 0. The van der Waals surface area contributed by atoms with Crippen LogP contribution in [0, 0.1) is 35.1 Å². The van der Waals surface area contributed by atoms with Crippen LogP contribution in [0.3, 0.4) is 0 Å². The van der Waals surface area contributed by atoms with E-state index >= 15 is 0 Å². The van der Waals surface area contributed by atoms with Crippen molar-refractivity contribution in [3.8, 4) is 35.1 Å². The zero-order chi connectivity index (χ0) is 21.5. The summed E-state index contributed by atoms with van der Waals surface area (Å²) in [5.74, 6) is 16.8. The molecule has 1 aromatic carbocycles. The smallest absolute Gasteiger partial charge is 0.127 e. The monoisotopic (exact) mass is 468 g/mol. The Kier molecular flexibility index (Phi) is 12.9. The molecule has 0 fully saturated rings. The molecule has 0 nitrogen and oxygen atoms in total. The van der Waals surface area contributed by atoms with E-state index in [1.54, 1.807) is 0 Å². The van der Waals surface area contributed by atoms with Crippen molar-refractivity contribution in [1.82, 2.24) is 0 Å². The normalized spacial score (nSPS) is 10.3. The first-order valence-electron chi connectivity index (χ1n) is 11.2. The average Bonchev–Trinajstić information content (AvgIpc) is 2.67. The van der Waals surface area contributed by atoms with Crippen molar-refractivity contribution >= 4 is 24.0 Å². The van der Waals surface area contributed by atoms with E-state index in [1.807, 2.05) is 0 Å². The number of benzene rings is 1. The average molecular weight is 470 g/mol. The fourth-order valence-electron chi connectivity index (χ4n) is 2.73. The van der Waals surface area contributed by atoms with Gasteiger partial charge in [-0.3, -0.25) is 0 Å². The Balaban J connectivity index is 3.04. The van der Waals surface area contributed by atoms with Gasteiger partial charge in [0.25, 0.3) is 0 Å². The van der Waals surface area contributed by atoms with E-state index in [0.717, 1.165) is 34.0 Å². The van der Waals surface area contributed by atoms with Gasteiger partial charge in [-0.05, 0) is 40.9 Å². The molecule has 0 spiro atoms. The molecule has 0 N–H and O–H groups in total. The third-order valence-electron chi connectivity index (χ3n) is 4.44. The molecular weight excluding hydrogens is 432 g/mol. The Morgan fingerprint density at radius 1 is 0.690 bits per heavy atom. The SMILES string of the molecule is CCCCCCC#Cc1cc(C#CCCCCCC)c(C#C[Si](C)(C)C)cc1Br. The Morgan fingerprint density at radius 3 is 1.72 bits per heavy atom. The lowest BCUT2D eigenvalue weighted by atomic mass is 10.0. The summed E-state index contributed by atoms with van der Waals surface area (Å²) in [6.07, 6.45) is 11.9. The van der Waals surface area contributed by atoms with Gasteiger partial charge in [-0.25, -0.2) is 0 Å². The van der Waals surface area contributed by atoms with Gasteiger partial charge in [0.1, 0.15) is 8.07 Å². The highest BCUT2D eigenvalue weighted by molar-refractivity contribution is 9.10. The van der Waals surface area contributed by atoms with E-state index in [4.69, 9.17) is 0 Å². The van der Waals surface area contributed by atoms with E-state index in [1.165, 1.54) is 51.4 Å². The molecule has 0 radical (unpaired) electrons. The van der Waals surface area contributed by atoms with Crippen molar-refractivity contribution in [3.63, 3.8) is 0 Å². The molecule has 0 saturated carbocycles. The second kappa shape index (κ2) is 14.6. The molecule has 0 saturated heterocycles. The number of halogens is 1. The number of rotatable bonds is 8. The first-order valence-corrected chi connectivity index (χ1v) is 15.5. The summed E-state index contributed by atoms with van der Waals surface area (Å²) in [6.45, 7) is 11.3. The van der Waals surface area contributed by atoms with Gasteiger partial charge in [0.15, 0.2) is 0 Å². The summed E-state index contributed by atoms with van der Waals surface area (Å²) in [4.78, 5) is 0. The molecule has 0 aliphatic carbocycles. The predicted molar refractivity (Wildman–Crippen MR) is 136 cm³/mol. The quantitative estimate of drug-likeness (QED) is 0.204. The zero-order valence-corrected chi connectivity index (χ0v) is 21.7. The summed E-state index contributed by atoms with van der Waals surface area (Å²) in [5.41, 5.74) is 6.54. The highest BCUT2D eigenvalue weighted by Crippen LogP contribution is 2.21. The molecule has 29 heavy (non-hydrogen) atoms. The summed E-state index contributed by atoms with van der Waals surface area (Å²) >= 11 is 3.70. The van der Waals surface area contributed by atoms with Gasteiger partial charge in [-0.15, -0.1) is 5.54 Å². The molecule has 0 heterocycles. The highest BCUT2D eigenvalue weighted by Gasteiger charge is 2.09. The lowest BCUT2D eigenvalue weighted by Crippen LogP contribution is -2.16. The van der Waals surface area contributed by atoms with Crippen LogP contribution in [0.25, 0.3) is 0 Å². The van der Waals surface area contributed by atoms with Gasteiger partial charge in [0.2, 0.25) is 0 Å². The molecule has 0 bridgehead atoms. The minimum absolute atomic E-state index is 0.954. The maximum Gasteiger partial charge on any atom is 0.129 e. The summed E-state index contributed by atoms with van der Waals surface area (Å²) < 4.78 is 1.02. The van der Waals surface area contributed by atoms with E-state index in [9.17, 15) is 0 Å². The Hall–Kier alpha value is -1.40. The van der Waals surface area contributed by atoms with Crippen LogP contribution < -0.4 is 0 Å². The molecule has 0 aliphatic heterocycles. The Labute approximate surface area is 189 Å². The minimum atomic E-state index is -1.44. The van der Waals surface area contributed by atoms with Crippen molar-refractivity contribution < 1.29 is 0 Å². The van der Waals surface area contributed by atoms with E-state index in [-0.39, 0.29) is 0 Å². The molecule has 1 aromatic rings. The molecule has 0 aromatic heterocycles. The summed E-state index contributed by atoms with van der Waals surface area (Å²) in [5, 5.41) is 0. The van der Waals surface area contributed by atoms with Crippen LogP contribution in [0.2, 0.25) is 19.6 Å². The lowest BCUT2D eigenvalue weighted by molar-refractivity contribution is 0.679. The summed E-state index contributed by atoms with van der Waals surface area (Å²) in [6, 6.07) is 4.23. The zero-order valence-electron chi connectivity index (χ0n) is 19.1. The van der Waals surface area contributed by atoms with Crippen molar-refractivity contribution in [2.45, 2.75) is 97.7 Å². The molecule has 2 heteroatoms. The van der Waals surface area contributed by atoms with Crippen LogP contribution in [0.5, 0.6) is 0 Å². The second-order valence-corrected chi connectivity index (χ2v) is 14.2. The molecule has 0 unspecified atom stereocenters. The molecular formula is C27H37BrSi. The fraction of sp³-hybridized carbons (Fsp3) is 0.556. The highest BCUT2D eigenvalue weighted by atomic mass is 79.9. The number of unbranched alkanes of at least 4 members (excludes halogenated alkanes) is 8. The van der Waals surface area contributed by atoms with Crippen LogP contribution in [-0.4, -0.2) is 8.07 Å². The Morgan fingerprint density at radius 2 is 1.21 bits per heavy atom. The molecule has 0 atom stereocenters. The third kappa shape index (κ3) is 12.0. The van der Waals surface area contributed by atoms with Gasteiger partial charge in [0, 0.05) is 34.0 Å². The van der Waals surface area contributed by atoms with Gasteiger partial charge < -0.3 is 0 Å². The first kappa shape index (κ1) is 25.6. The van der Waals surface area contributed by atoms with Crippen LogP contribution in [0.4, 0.5) is 0 Å². The summed E-state index contributed by atoms with van der Waals surface area (Å²) in [7, 11) is -1.44. The standard InChI is InChI=1S/C27H37BrSi/c1-6-8-10-12-14-16-18-24-22-26(19-17-15-13-11-9-7-2)27(28)23-25(24)20-21-29(3,4)5/h22-23H,6-15H2,1-5H3. The molecule has 0 amide bonds. The van der Waals surface area contributed by atoms with Gasteiger partial charge in [0.05, 0.1) is 0 Å². The van der Waals surface area contributed by atoms with Gasteiger partial charge in [-0.2, -0.15) is 0 Å². The maximum absolute atomic E-state index is 3.70. The number of hydrogen-bond donors (Lipinski definition) is 0. The maximum atomic E-state index is 3.70. The lowest BCUT2D eigenvalue weighted by Gasteiger charge is -2.06. The van der Waals surface area contributed by atoms with Crippen LogP contribution >= 0.6 is 15.9 Å². The van der Waals surface area contributed by atoms with Gasteiger partial charge >= 0.3 is 0 Å². The van der Waals surface area contributed by atoms with Crippen molar-refractivity contribution in [2.75, 3.05) is 0 Å². The first-order chi connectivity index (χ1) is 13.9. The largest absolute Gasteiger partial charge is 0.129 e. The van der Waals surface area contributed by atoms with Crippen LogP contribution in [-0.2, 0) is 0 Å². The van der Waals surface area contributed by atoms with Crippen LogP contribution in [0.1, 0.15) is 94.7 Å².